The second kappa shape index (κ2) is 6.13. The molecule has 1 fully saturated rings. The second-order valence-electron chi connectivity index (χ2n) is 4.99. The molecule has 0 aliphatic carbocycles. The van der Waals surface area contributed by atoms with Crippen LogP contribution in [0, 0.1) is 0 Å². The van der Waals surface area contributed by atoms with Gasteiger partial charge >= 0.3 is 5.97 Å². The van der Waals surface area contributed by atoms with Crippen molar-refractivity contribution in [2.45, 2.75) is 44.1 Å². The van der Waals surface area contributed by atoms with Crippen molar-refractivity contribution in [3.05, 3.63) is 10.6 Å². The molecule has 0 radical (unpaired) electrons. The molecule has 2 rings (SSSR count). The number of aromatic carboxylic acids is 1. The summed E-state index contributed by atoms with van der Waals surface area (Å²) >= 11 is 3.31. The Labute approximate surface area is 122 Å². The number of rotatable bonds is 4. The monoisotopic (exact) mass is 300 g/mol. The molecule has 2 unspecified atom stereocenters. The Bertz CT molecular complexity index is 451. The minimum absolute atomic E-state index is 0.412. The topological polar surface area (TPSA) is 53.4 Å². The van der Waals surface area contributed by atoms with E-state index >= 15 is 0 Å². The smallest absolute Gasteiger partial charge is 0.347 e. The Balaban J connectivity index is 2.24. The Hall–Kier alpha value is -0.750. The molecule has 4 nitrogen and oxygen atoms in total. The van der Waals surface area contributed by atoms with Crippen LogP contribution in [-0.4, -0.2) is 39.6 Å². The average molecular weight is 300 g/mol. The first-order valence-electron chi connectivity index (χ1n) is 6.64. The number of carboxylic acid groups (broad SMARTS) is 1. The van der Waals surface area contributed by atoms with Gasteiger partial charge in [-0.15, -0.1) is 0 Å². The Morgan fingerprint density at radius 1 is 1.42 bits per heavy atom. The van der Waals surface area contributed by atoms with Crippen molar-refractivity contribution in [3.63, 3.8) is 0 Å². The van der Waals surface area contributed by atoms with Crippen LogP contribution in [0.2, 0.25) is 0 Å². The van der Waals surface area contributed by atoms with E-state index in [1.807, 2.05) is 18.7 Å². The maximum absolute atomic E-state index is 11.3. The molecule has 106 valence electrons. The molecule has 1 saturated heterocycles. The summed E-state index contributed by atoms with van der Waals surface area (Å²) in [5, 5.41) is 11.3. The summed E-state index contributed by atoms with van der Waals surface area (Å²) in [4.78, 5) is 18.5. The third-order valence-electron chi connectivity index (χ3n) is 3.06. The highest BCUT2D eigenvalue weighted by Gasteiger charge is 2.26. The molecule has 1 aliphatic rings. The summed E-state index contributed by atoms with van der Waals surface area (Å²) in [5.74, 6) is -0.848. The molecule has 1 aliphatic heterocycles. The lowest BCUT2D eigenvalue weighted by Gasteiger charge is -2.34. The van der Waals surface area contributed by atoms with Crippen LogP contribution in [0.4, 0.5) is 5.13 Å². The van der Waals surface area contributed by atoms with Gasteiger partial charge in [0.1, 0.15) is 4.88 Å². The van der Waals surface area contributed by atoms with Crippen LogP contribution >= 0.6 is 23.1 Å². The van der Waals surface area contributed by atoms with Crippen molar-refractivity contribution in [1.82, 2.24) is 4.98 Å². The summed E-state index contributed by atoms with van der Waals surface area (Å²) in [6, 6.07) is 0. The van der Waals surface area contributed by atoms with Crippen LogP contribution in [0.25, 0.3) is 0 Å². The van der Waals surface area contributed by atoms with Gasteiger partial charge < -0.3 is 10.0 Å². The second-order valence-corrected chi connectivity index (χ2v) is 7.85. The van der Waals surface area contributed by atoms with Crippen LogP contribution in [0.15, 0.2) is 0 Å². The molecule has 1 aromatic heterocycles. The quantitative estimate of drug-likeness (QED) is 0.926. The van der Waals surface area contributed by atoms with E-state index in [9.17, 15) is 9.90 Å². The molecule has 1 N–H and O–H groups in total. The fourth-order valence-electron chi connectivity index (χ4n) is 2.38. The summed E-state index contributed by atoms with van der Waals surface area (Å²) in [5.41, 5.74) is 0.744. The maximum Gasteiger partial charge on any atom is 0.347 e. The lowest BCUT2D eigenvalue weighted by molar-refractivity contribution is 0.0700. The van der Waals surface area contributed by atoms with E-state index < -0.39 is 5.97 Å². The Morgan fingerprint density at radius 3 is 2.58 bits per heavy atom. The number of anilines is 1. The minimum Gasteiger partial charge on any atom is -0.477 e. The predicted octanol–water partition coefficient (Wildman–Crippen LogP) is 3.12. The molecule has 0 spiro atoms. The van der Waals surface area contributed by atoms with Crippen LogP contribution in [0.1, 0.15) is 42.6 Å². The maximum atomic E-state index is 11.3. The molecule has 2 atom stereocenters. The van der Waals surface area contributed by atoms with Crippen LogP contribution < -0.4 is 4.90 Å². The summed E-state index contributed by atoms with van der Waals surface area (Å²) in [6.45, 7) is 8.38. The van der Waals surface area contributed by atoms with Gasteiger partial charge in [-0.2, -0.15) is 11.8 Å². The van der Waals surface area contributed by atoms with Crippen molar-refractivity contribution >= 4 is 34.2 Å². The standard InChI is InChI=1S/C13H20N2O2S2/c1-4-5-10-11(12(16)17)19-13(14-10)15-6-8(2)18-9(3)7-15/h8-9H,4-7H2,1-3H3,(H,16,17). The third-order valence-corrected chi connectivity index (χ3v) is 5.43. The molecular formula is C13H20N2O2S2. The zero-order valence-electron chi connectivity index (χ0n) is 11.5. The van der Waals surface area contributed by atoms with E-state index in [0.29, 0.717) is 15.4 Å². The van der Waals surface area contributed by atoms with Gasteiger partial charge in [0, 0.05) is 23.6 Å². The molecule has 0 aromatic carbocycles. The fourth-order valence-corrected chi connectivity index (χ4v) is 4.68. The molecule has 2 heterocycles. The first kappa shape index (κ1) is 14.7. The molecule has 0 amide bonds. The largest absolute Gasteiger partial charge is 0.477 e. The molecular weight excluding hydrogens is 280 g/mol. The van der Waals surface area contributed by atoms with Gasteiger partial charge in [0.25, 0.3) is 0 Å². The SMILES string of the molecule is CCCc1nc(N2CC(C)SC(C)C2)sc1C(=O)O. The predicted molar refractivity (Wildman–Crippen MR) is 81.8 cm³/mol. The lowest BCUT2D eigenvalue weighted by atomic mass is 10.2. The van der Waals surface area contributed by atoms with Gasteiger partial charge in [-0.25, -0.2) is 9.78 Å². The van der Waals surface area contributed by atoms with E-state index in [2.05, 4.69) is 23.7 Å². The van der Waals surface area contributed by atoms with Crippen LogP contribution in [-0.2, 0) is 6.42 Å². The number of hydrogen-bond donors (Lipinski definition) is 1. The molecule has 0 bridgehead atoms. The lowest BCUT2D eigenvalue weighted by Crippen LogP contribution is -2.40. The number of aryl methyl sites for hydroxylation is 1. The highest BCUT2D eigenvalue weighted by atomic mass is 32.2. The number of thiazole rings is 1. The van der Waals surface area contributed by atoms with Gasteiger partial charge in [0.05, 0.1) is 5.69 Å². The summed E-state index contributed by atoms with van der Waals surface area (Å²) < 4.78 is 0. The molecule has 19 heavy (non-hydrogen) atoms. The first-order chi connectivity index (χ1) is 9.01. The van der Waals surface area contributed by atoms with Crippen molar-refractivity contribution in [1.29, 1.82) is 0 Å². The van der Waals surface area contributed by atoms with Crippen LogP contribution in [0.5, 0.6) is 0 Å². The number of carbonyl (C=O) groups is 1. The van der Waals surface area contributed by atoms with E-state index in [1.54, 1.807) is 0 Å². The molecule has 0 saturated carbocycles. The number of hydrogen-bond acceptors (Lipinski definition) is 5. The number of nitrogens with zero attached hydrogens (tertiary/aromatic N) is 2. The molecule has 6 heteroatoms. The van der Waals surface area contributed by atoms with Crippen molar-refractivity contribution < 1.29 is 9.90 Å². The van der Waals surface area contributed by atoms with E-state index in [-0.39, 0.29) is 0 Å². The highest BCUT2D eigenvalue weighted by Crippen LogP contribution is 2.33. The Morgan fingerprint density at radius 2 is 2.05 bits per heavy atom. The zero-order valence-corrected chi connectivity index (χ0v) is 13.2. The summed E-state index contributed by atoms with van der Waals surface area (Å²) in [7, 11) is 0. The first-order valence-corrected chi connectivity index (χ1v) is 8.40. The van der Waals surface area contributed by atoms with Crippen molar-refractivity contribution in [2.24, 2.45) is 0 Å². The van der Waals surface area contributed by atoms with Gasteiger partial charge in [0.15, 0.2) is 5.13 Å². The number of carboxylic acids is 1. The van der Waals surface area contributed by atoms with Gasteiger partial charge in [-0.05, 0) is 6.42 Å². The van der Waals surface area contributed by atoms with E-state index in [0.717, 1.165) is 36.8 Å². The minimum atomic E-state index is -0.848. The average Bonchev–Trinajstić information content (AvgIpc) is 2.72. The zero-order chi connectivity index (χ0) is 14.0. The fraction of sp³-hybridized carbons (Fsp3) is 0.692. The van der Waals surface area contributed by atoms with Crippen molar-refractivity contribution in [3.8, 4) is 0 Å². The Kier molecular flexibility index (Phi) is 4.73. The third kappa shape index (κ3) is 3.42. The van der Waals surface area contributed by atoms with E-state index in [1.165, 1.54) is 11.3 Å². The highest BCUT2D eigenvalue weighted by molar-refractivity contribution is 8.00. The van der Waals surface area contributed by atoms with E-state index in [4.69, 9.17) is 0 Å². The molecule has 1 aromatic rings. The van der Waals surface area contributed by atoms with Gasteiger partial charge in [-0.3, -0.25) is 0 Å². The van der Waals surface area contributed by atoms with Gasteiger partial charge in [0.2, 0.25) is 0 Å². The normalized spacial score (nSPS) is 23.6. The number of thioether (sulfide) groups is 1. The summed E-state index contributed by atoms with van der Waals surface area (Å²) in [6.07, 6.45) is 1.66. The van der Waals surface area contributed by atoms with Gasteiger partial charge in [-0.1, -0.05) is 38.5 Å². The number of aromatic nitrogens is 1. The van der Waals surface area contributed by atoms with Crippen LogP contribution in [0.3, 0.4) is 0 Å². The van der Waals surface area contributed by atoms with Crippen molar-refractivity contribution in [2.75, 3.05) is 18.0 Å².